The maximum Gasteiger partial charge on any atom is 0.252 e. The molecule has 0 aromatic heterocycles. The summed E-state index contributed by atoms with van der Waals surface area (Å²) in [7, 11) is 0. The van der Waals surface area contributed by atoms with Crippen LogP contribution >= 0.6 is 0 Å². The molecule has 0 aromatic carbocycles. The summed E-state index contributed by atoms with van der Waals surface area (Å²) in [4.78, 5) is 14.2. The molecule has 2 atom stereocenters. The van der Waals surface area contributed by atoms with Crippen LogP contribution in [0.15, 0.2) is 0 Å². The summed E-state index contributed by atoms with van der Waals surface area (Å²) < 4.78 is 5.64. The summed E-state index contributed by atoms with van der Waals surface area (Å²) in [5, 5.41) is 9.11. The summed E-state index contributed by atoms with van der Waals surface area (Å²) in [6.45, 7) is 4.97. The van der Waals surface area contributed by atoms with Crippen molar-refractivity contribution in [3.05, 3.63) is 0 Å². The maximum atomic E-state index is 12.4. The molecule has 0 aliphatic carbocycles. The van der Waals surface area contributed by atoms with Crippen LogP contribution in [0, 0.1) is 0 Å². The smallest absolute Gasteiger partial charge is 0.252 e. The van der Waals surface area contributed by atoms with E-state index < -0.39 is 0 Å². The van der Waals surface area contributed by atoms with Crippen LogP contribution < -0.4 is 5.73 Å². The Bertz CT molecular complexity index is 257. The van der Waals surface area contributed by atoms with Crippen molar-refractivity contribution in [3.63, 3.8) is 0 Å². The van der Waals surface area contributed by atoms with Crippen molar-refractivity contribution < 1.29 is 14.6 Å². The molecule has 1 aliphatic rings. The number of carbonyl (C=O) groups is 1. The summed E-state index contributed by atoms with van der Waals surface area (Å²) in [6.07, 6.45) is 3.03. The molecule has 1 amide bonds. The Morgan fingerprint density at radius 1 is 1.44 bits per heavy atom. The molecule has 5 nitrogen and oxygen atoms in total. The fraction of sp³-hybridized carbons (Fsp3) is 0.923. The predicted octanol–water partition coefficient (Wildman–Crippen LogP) is 0.502. The minimum absolute atomic E-state index is 0.00469. The van der Waals surface area contributed by atoms with Gasteiger partial charge in [0.2, 0.25) is 0 Å². The van der Waals surface area contributed by atoms with Crippen molar-refractivity contribution in [1.82, 2.24) is 4.90 Å². The lowest BCUT2D eigenvalue weighted by atomic mass is 10.1. The predicted molar refractivity (Wildman–Crippen MR) is 70.1 cm³/mol. The minimum Gasteiger partial charge on any atom is -0.395 e. The molecule has 0 spiro atoms. The van der Waals surface area contributed by atoms with Gasteiger partial charge in [-0.2, -0.15) is 0 Å². The average Bonchev–Trinajstić information content (AvgIpc) is 2.87. The number of rotatable bonds is 7. The second-order valence-electron chi connectivity index (χ2n) is 4.79. The van der Waals surface area contributed by atoms with Gasteiger partial charge in [0, 0.05) is 19.1 Å². The highest BCUT2D eigenvalue weighted by Gasteiger charge is 2.34. The molecule has 1 aliphatic heterocycles. The molecule has 1 heterocycles. The van der Waals surface area contributed by atoms with Crippen molar-refractivity contribution in [1.29, 1.82) is 0 Å². The largest absolute Gasteiger partial charge is 0.395 e. The molecule has 5 heteroatoms. The summed E-state index contributed by atoms with van der Waals surface area (Å²) >= 11 is 0. The van der Waals surface area contributed by atoms with E-state index in [1.54, 1.807) is 4.90 Å². The van der Waals surface area contributed by atoms with Crippen molar-refractivity contribution >= 4 is 5.91 Å². The highest BCUT2D eigenvalue weighted by molar-refractivity contribution is 5.81. The van der Waals surface area contributed by atoms with E-state index in [2.05, 4.69) is 13.8 Å². The number of amides is 1. The fourth-order valence-electron chi connectivity index (χ4n) is 2.56. The monoisotopic (exact) mass is 258 g/mol. The second kappa shape index (κ2) is 7.71. The van der Waals surface area contributed by atoms with Crippen LogP contribution in [0.1, 0.15) is 39.5 Å². The Balaban J connectivity index is 2.64. The first-order chi connectivity index (χ1) is 8.67. The molecule has 0 bridgehead atoms. The van der Waals surface area contributed by atoms with Crippen molar-refractivity contribution in [2.75, 3.05) is 19.7 Å². The van der Waals surface area contributed by atoms with Crippen LogP contribution in [0.4, 0.5) is 0 Å². The molecule has 0 radical (unpaired) electrons. The molecule has 1 rings (SSSR count). The molecular formula is C13H26N2O3. The first-order valence-electron chi connectivity index (χ1n) is 6.94. The second-order valence-corrected chi connectivity index (χ2v) is 4.79. The van der Waals surface area contributed by atoms with Crippen molar-refractivity contribution in [2.45, 2.75) is 57.8 Å². The van der Waals surface area contributed by atoms with Gasteiger partial charge in [0.25, 0.3) is 5.91 Å². The molecule has 106 valence electrons. The number of ether oxygens (including phenoxy) is 1. The third-order valence-electron chi connectivity index (χ3n) is 3.65. The number of carbonyl (C=O) groups excluding carboxylic acids is 1. The Morgan fingerprint density at radius 2 is 2.11 bits per heavy atom. The lowest BCUT2D eigenvalue weighted by molar-refractivity contribution is -0.146. The zero-order chi connectivity index (χ0) is 13.5. The summed E-state index contributed by atoms with van der Waals surface area (Å²) in [6, 6.07) is 0.185. The molecule has 1 fully saturated rings. The summed E-state index contributed by atoms with van der Waals surface area (Å²) in [5.41, 5.74) is 5.55. The van der Waals surface area contributed by atoms with E-state index in [9.17, 15) is 4.79 Å². The lowest BCUT2D eigenvalue weighted by Crippen LogP contribution is -2.46. The number of nitrogens with zero attached hydrogens (tertiary/aromatic N) is 1. The van der Waals surface area contributed by atoms with Crippen LogP contribution in [0.3, 0.4) is 0 Å². The van der Waals surface area contributed by atoms with Crippen LogP contribution in [-0.4, -0.2) is 53.9 Å². The molecule has 18 heavy (non-hydrogen) atoms. The van der Waals surface area contributed by atoms with Gasteiger partial charge in [0.15, 0.2) is 0 Å². The van der Waals surface area contributed by atoms with E-state index in [1.807, 2.05) is 0 Å². The quantitative estimate of drug-likeness (QED) is 0.697. The molecule has 1 saturated heterocycles. The lowest BCUT2D eigenvalue weighted by Gasteiger charge is -2.32. The van der Waals surface area contributed by atoms with Crippen molar-refractivity contribution in [2.24, 2.45) is 5.73 Å². The van der Waals surface area contributed by atoms with Gasteiger partial charge in [-0.25, -0.2) is 0 Å². The van der Waals surface area contributed by atoms with Gasteiger partial charge < -0.3 is 20.5 Å². The van der Waals surface area contributed by atoms with Gasteiger partial charge in [-0.1, -0.05) is 13.8 Å². The molecular weight excluding hydrogens is 232 g/mol. The van der Waals surface area contributed by atoms with Crippen LogP contribution in [0.2, 0.25) is 0 Å². The van der Waals surface area contributed by atoms with Crippen LogP contribution in [0.25, 0.3) is 0 Å². The fourth-order valence-corrected chi connectivity index (χ4v) is 2.56. The van der Waals surface area contributed by atoms with E-state index >= 15 is 0 Å². The zero-order valence-electron chi connectivity index (χ0n) is 11.5. The van der Waals surface area contributed by atoms with Gasteiger partial charge in [-0.3, -0.25) is 4.79 Å². The van der Waals surface area contributed by atoms with Crippen LogP contribution in [-0.2, 0) is 9.53 Å². The molecule has 0 saturated carbocycles. The number of hydrogen-bond acceptors (Lipinski definition) is 4. The highest BCUT2D eigenvalue weighted by Crippen LogP contribution is 2.22. The Morgan fingerprint density at radius 3 is 2.56 bits per heavy atom. The van der Waals surface area contributed by atoms with E-state index in [4.69, 9.17) is 15.6 Å². The molecule has 2 unspecified atom stereocenters. The SMILES string of the molecule is CCC(CC)N(CCO)C(=O)C1CCC(CN)O1. The third-order valence-corrected chi connectivity index (χ3v) is 3.65. The number of aliphatic hydroxyl groups is 1. The van der Waals surface area contributed by atoms with E-state index in [0.29, 0.717) is 13.1 Å². The topological polar surface area (TPSA) is 75.8 Å². The Kier molecular flexibility index (Phi) is 6.60. The Hall–Kier alpha value is -0.650. The van der Waals surface area contributed by atoms with E-state index in [1.165, 1.54) is 0 Å². The maximum absolute atomic E-state index is 12.4. The van der Waals surface area contributed by atoms with E-state index in [0.717, 1.165) is 25.7 Å². The van der Waals surface area contributed by atoms with Crippen LogP contribution in [0.5, 0.6) is 0 Å². The van der Waals surface area contributed by atoms with E-state index in [-0.39, 0.29) is 30.8 Å². The van der Waals surface area contributed by atoms with Crippen molar-refractivity contribution in [3.8, 4) is 0 Å². The van der Waals surface area contributed by atoms with Gasteiger partial charge in [0.05, 0.1) is 12.7 Å². The standard InChI is InChI=1S/C13H26N2O3/c1-3-10(4-2)15(7-8-16)13(17)12-6-5-11(9-14)18-12/h10-12,16H,3-9,14H2,1-2H3. The first kappa shape index (κ1) is 15.4. The third kappa shape index (κ3) is 3.67. The normalized spacial score (nSPS) is 23.6. The van der Waals surface area contributed by atoms with Gasteiger partial charge in [0.1, 0.15) is 6.10 Å². The number of aliphatic hydroxyl groups excluding tert-OH is 1. The molecule has 0 aromatic rings. The average molecular weight is 258 g/mol. The summed E-state index contributed by atoms with van der Waals surface area (Å²) in [5.74, 6) is 0.00806. The van der Waals surface area contributed by atoms with Gasteiger partial charge in [-0.05, 0) is 25.7 Å². The van der Waals surface area contributed by atoms with Gasteiger partial charge >= 0.3 is 0 Å². The first-order valence-corrected chi connectivity index (χ1v) is 6.94. The van der Waals surface area contributed by atoms with Gasteiger partial charge in [-0.15, -0.1) is 0 Å². The Labute approximate surface area is 109 Å². The number of hydrogen-bond donors (Lipinski definition) is 2. The number of nitrogens with two attached hydrogens (primary N) is 1. The molecule has 3 N–H and O–H groups in total. The zero-order valence-corrected chi connectivity index (χ0v) is 11.5. The minimum atomic E-state index is -0.370. The highest BCUT2D eigenvalue weighted by atomic mass is 16.5.